The Morgan fingerprint density at radius 1 is 1.14 bits per heavy atom. The van der Waals surface area contributed by atoms with Gasteiger partial charge in [0.1, 0.15) is 17.2 Å². The number of fused-ring (bicyclic) bond motifs is 1. The smallest absolute Gasteiger partial charge is 0.134 e. The van der Waals surface area contributed by atoms with E-state index in [9.17, 15) is 4.39 Å². The maximum Gasteiger partial charge on any atom is 0.134 e. The van der Waals surface area contributed by atoms with Crippen LogP contribution in [0.4, 0.5) is 4.39 Å². The molecule has 0 spiro atoms. The van der Waals surface area contributed by atoms with Gasteiger partial charge in [0.15, 0.2) is 0 Å². The molecular formula is C17H16FNOS. The third kappa shape index (κ3) is 3.28. The number of benzene rings is 2. The molecule has 1 N–H and O–H groups in total. The molecule has 1 atom stereocenters. The molecule has 0 aliphatic rings. The van der Waals surface area contributed by atoms with E-state index in [1.807, 2.05) is 31.3 Å². The Kier molecular flexibility index (Phi) is 4.27. The van der Waals surface area contributed by atoms with Gasteiger partial charge in [-0.25, -0.2) is 4.39 Å². The van der Waals surface area contributed by atoms with Gasteiger partial charge in [-0.1, -0.05) is 18.2 Å². The van der Waals surface area contributed by atoms with Gasteiger partial charge in [0, 0.05) is 16.0 Å². The fourth-order valence-electron chi connectivity index (χ4n) is 2.19. The Hall–Kier alpha value is -1.78. The molecule has 1 heterocycles. The van der Waals surface area contributed by atoms with Crippen LogP contribution in [0.5, 0.6) is 0 Å². The number of hydrogen-bond acceptors (Lipinski definition) is 3. The van der Waals surface area contributed by atoms with E-state index in [1.54, 1.807) is 23.9 Å². The number of nitrogens with one attached hydrogen (secondary N) is 1. The summed E-state index contributed by atoms with van der Waals surface area (Å²) in [6, 6.07) is 16.7. The summed E-state index contributed by atoms with van der Waals surface area (Å²) in [7, 11) is 1.92. The van der Waals surface area contributed by atoms with Gasteiger partial charge >= 0.3 is 0 Å². The van der Waals surface area contributed by atoms with Crippen LogP contribution in [0.3, 0.4) is 0 Å². The molecule has 0 amide bonds. The molecule has 0 aliphatic carbocycles. The van der Waals surface area contributed by atoms with Gasteiger partial charge in [0.25, 0.3) is 0 Å². The lowest BCUT2D eigenvalue weighted by Gasteiger charge is -2.13. The highest BCUT2D eigenvalue weighted by Crippen LogP contribution is 2.28. The number of rotatable bonds is 5. The minimum absolute atomic E-state index is 0.118. The Bertz CT molecular complexity index is 690. The number of hydrogen-bond donors (Lipinski definition) is 1. The molecule has 1 unspecified atom stereocenters. The Morgan fingerprint density at radius 3 is 2.62 bits per heavy atom. The average Bonchev–Trinajstić information content (AvgIpc) is 2.93. The van der Waals surface area contributed by atoms with Gasteiger partial charge in [-0.3, -0.25) is 0 Å². The van der Waals surface area contributed by atoms with Crippen LogP contribution < -0.4 is 5.32 Å². The van der Waals surface area contributed by atoms with E-state index in [0.717, 1.165) is 27.4 Å². The molecule has 0 aliphatic heterocycles. The molecule has 108 valence electrons. The van der Waals surface area contributed by atoms with Gasteiger partial charge in [0.05, 0.1) is 6.04 Å². The van der Waals surface area contributed by atoms with Crippen molar-refractivity contribution in [3.63, 3.8) is 0 Å². The largest absolute Gasteiger partial charge is 0.459 e. The third-order valence-corrected chi connectivity index (χ3v) is 4.47. The Morgan fingerprint density at radius 2 is 1.90 bits per heavy atom. The molecule has 0 bridgehead atoms. The molecule has 0 saturated carbocycles. The summed E-state index contributed by atoms with van der Waals surface area (Å²) < 4.78 is 18.8. The van der Waals surface area contributed by atoms with E-state index < -0.39 is 0 Å². The highest BCUT2D eigenvalue weighted by molar-refractivity contribution is 7.99. The van der Waals surface area contributed by atoms with Gasteiger partial charge in [-0.15, -0.1) is 11.8 Å². The summed E-state index contributed by atoms with van der Waals surface area (Å²) in [4.78, 5) is 1.05. The molecule has 2 nitrogen and oxygen atoms in total. The zero-order valence-electron chi connectivity index (χ0n) is 11.7. The SMILES string of the molecule is CNC(CSc1ccc(F)cc1)c1cc2ccccc2o1. The number of halogens is 1. The summed E-state index contributed by atoms with van der Waals surface area (Å²) >= 11 is 1.68. The molecule has 2 aromatic carbocycles. The van der Waals surface area contributed by atoms with Gasteiger partial charge in [0.2, 0.25) is 0 Å². The standard InChI is InChI=1S/C17H16FNOS/c1-19-15(11-21-14-8-6-13(18)7-9-14)17-10-12-4-2-3-5-16(12)20-17/h2-10,15,19H,11H2,1H3. The Balaban J connectivity index is 1.73. The predicted octanol–water partition coefficient (Wildman–Crippen LogP) is 4.62. The van der Waals surface area contributed by atoms with Crippen LogP contribution >= 0.6 is 11.8 Å². The van der Waals surface area contributed by atoms with E-state index in [4.69, 9.17) is 4.42 Å². The van der Waals surface area contributed by atoms with Crippen molar-refractivity contribution >= 4 is 22.7 Å². The second-order valence-electron chi connectivity index (χ2n) is 4.79. The average molecular weight is 301 g/mol. The minimum atomic E-state index is -0.207. The van der Waals surface area contributed by atoms with Crippen LogP contribution in [0.2, 0.25) is 0 Å². The lowest BCUT2D eigenvalue weighted by atomic mass is 10.2. The topological polar surface area (TPSA) is 25.2 Å². The molecule has 4 heteroatoms. The van der Waals surface area contributed by atoms with Crippen LogP contribution in [-0.4, -0.2) is 12.8 Å². The van der Waals surface area contributed by atoms with Crippen molar-refractivity contribution in [1.29, 1.82) is 0 Å². The number of furan rings is 1. The molecule has 21 heavy (non-hydrogen) atoms. The van der Waals surface area contributed by atoms with Crippen molar-refractivity contribution in [2.24, 2.45) is 0 Å². The third-order valence-electron chi connectivity index (χ3n) is 3.37. The summed E-state index contributed by atoms with van der Waals surface area (Å²) in [6.07, 6.45) is 0. The van der Waals surface area contributed by atoms with Gasteiger partial charge in [-0.2, -0.15) is 0 Å². The van der Waals surface area contributed by atoms with Crippen molar-refractivity contribution in [3.8, 4) is 0 Å². The van der Waals surface area contributed by atoms with Crippen molar-refractivity contribution in [3.05, 3.63) is 66.2 Å². The molecule has 3 rings (SSSR count). The first-order valence-electron chi connectivity index (χ1n) is 6.80. The molecule has 0 fully saturated rings. The quantitative estimate of drug-likeness (QED) is 0.696. The van der Waals surface area contributed by atoms with Crippen molar-refractivity contribution < 1.29 is 8.81 Å². The van der Waals surface area contributed by atoms with Crippen LogP contribution in [0.1, 0.15) is 11.8 Å². The highest BCUT2D eigenvalue weighted by atomic mass is 32.2. The predicted molar refractivity (Wildman–Crippen MR) is 85.1 cm³/mol. The minimum Gasteiger partial charge on any atom is -0.459 e. The van der Waals surface area contributed by atoms with Gasteiger partial charge < -0.3 is 9.73 Å². The maximum atomic E-state index is 12.9. The monoisotopic (exact) mass is 301 g/mol. The zero-order valence-corrected chi connectivity index (χ0v) is 12.5. The number of thioether (sulfide) groups is 1. The fraction of sp³-hybridized carbons (Fsp3) is 0.176. The van der Waals surface area contributed by atoms with Crippen LogP contribution in [-0.2, 0) is 0 Å². The molecular weight excluding hydrogens is 285 g/mol. The van der Waals surface area contributed by atoms with Gasteiger partial charge in [-0.05, 0) is 43.4 Å². The summed E-state index contributed by atoms with van der Waals surface area (Å²) in [6.45, 7) is 0. The second kappa shape index (κ2) is 6.33. The van der Waals surface area contributed by atoms with E-state index in [-0.39, 0.29) is 11.9 Å². The van der Waals surface area contributed by atoms with E-state index >= 15 is 0 Å². The molecule has 0 radical (unpaired) electrons. The van der Waals surface area contributed by atoms with Crippen LogP contribution in [0.15, 0.2) is 63.9 Å². The first-order chi connectivity index (χ1) is 10.3. The lowest BCUT2D eigenvalue weighted by Crippen LogP contribution is -2.17. The van der Waals surface area contributed by atoms with Crippen molar-refractivity contribution in [2.45, 2.75) is 10.9 Å². The number of para-hydroxylation sites is 1. The molecule has 3 aromatic rings. The summed E-state index contributed by atoms with van der Waals surface area (Å²) in [5, 5.41) is 4.38. The molecule has 1 aromatic heterocycles. The Labute approximate surface area is 127 Å². The van der Waals surface area contributed by atoms with Crippen LogP contribution in [0.25, 0.3) is 11.0 Å². The zero-order chi connectivity index (χ0) is 14.7. The fourth-order valence-corrected chi connectivity index (χ4v) is 3.21. The maximum absolute atomic E-state index is 12.9. The summed E-state index contributed by atoms with van der Waals surface area (Å²) in [5.74, 6) is 1.54. The first kappa shape index (κ1) is 14.2. The van der Waals surface area contributed by atoms with Crippen molar-refractivity contribution in [2.75, 3.05) is 12.8 Å². The summed E-state index contributed by atoms with van der Waals surface area (Å²) in [5.41, 5.74) is 0.902. The second-order valence-corrected chi connectivity index (χ2v) is 5.89. The normalized spacial score (nSPS) is 12.7. The van der Waals surface area contributed by atoms with E-state index in [0.29, 0.717) is 0 Å². The highest BCUT2D eigenvalue weighted by Gasteiger charge is 2.14. The molecule has 0 saturated heterocycles. The van der Waals surface area contributed by atoms with E-state index in [1.165, 1.54) is 12.1 Å². The first-order valence-corrected chi connectivity index (χ1v) is 7.79. The van der Waals surface area contributed by atoms with Crippen molar-refractivity contribution in [1.82, 2.24) is 5.32 Å². The lowest BCUT2D eigenvalue weighted by molar-refractivity contribution is 0.479. The van der Waals surface area contributed by atoms with Crippen LogP contribution in [0, 0.1) is 5.82 Å². The van der Waals surface area contributed by atoms with E-state index in [2.05, 4.69) is 11.4 Å².